The fourth-order valence-electron chi connectivity index (χ4n) is 4.01. The molecule has 1 aromatic rings. The first-order valence-corrected chi connectivity index (χ1v) is 20.3. The molecule has 1 fully saturated rings. The number of rotatable bonds is 8. The third-order valence-electron chi connectivity index (χ3n) is 8.39. The molecule has 1 unspecified atom stereocenters. The van der Waals surface area contributed by atoms with Crippen LogP contribution in [0.3, 0.4) is 0 Å². The van der Waals surface area contributed by atoms with E-state index in [4.69, 9.17) is 23.5 Å². The Hall–Kier alpha value is -1.10. The van der Waals surface area contributed by atoms with E-state index >= 15 is 0 Å². The van der Waals surface area contributed by atoms with Gasteiger partial charge in [-0.25, -0.2) is 8.86 Å². The van der Waals surface area contributed by atoms with E-state index in [1.165, 1.54) is 0 Å². The van der Waals surface area contributed by atoms with Crippen molar-refractivity contribution in [2.75, 3.05) is 6.61 Å². The van der Waals surface area contributed by atoms with Gasteiger partial charge in [-0.3, -0.25) is 0 Å². The standard InChI is InChI=1S/C24H46N4O6SSi2/c1-12-13-17-14-28(27-26-17)21-20(33-37(10,11)23(5,6)7)24(18(25)16-35(29,30)34-24)19(32-21)15-31-36(8,9)22(2,3)4/h14,16,19-21H,12-13,15,25H2,1-11H3/t19-,20+,21-,24?/m1/s1. The summed E-state index contributed by atoms with van der Waals surface area (Å²) in [6.07, 6.45) is 0.971. The lowest BCUT2D eigenvalue weighted by molar-refractivity contribution is -0.0595. The molecule has 0 amide bonds. The number of hydrogen-bond donors (Lipinski definition) is 1. The second-order valence-corrected chi connectivity index (χ2v) is 24.2. The highest BCUT2D eigenvalue weighted by Crippen LogP contribution is 2.52. The second kappa shape index (κ2) is 9.82. The van der Waals surface area contributed by atoms with Gasteiger partial charge in [0.05, 0.1) is 29.6 Å². The van der Waals surface area contributed by atoms with Crippen molar-refractivity contribution in [3.8, 4) is 0 Å². The van der Waals surface area contributed by atoms with E-state index in [1.807, 2.05) is 6.20 Å². The van der Waals surface area contributed by atoms with E-state index in [0.29, 0.717) is 0 Å². The Morgan fingerprint density at radius 1 is 1.11 bits per heavy atom. The van der Waals surface area contributed by atoms with Crippen LogP contribution in [0.1, 0.15) is 66.8 Å². The van der Waals surface area contributed by atoms with Gasteiger partial charge in [-0.15, -0.1) is 5.10 Å². The Kier molecular flexibility index (Phi) is 8.08. The summed E-state index contributed by atoms with van der Waals surface area (Å²) in [5, 5.41) is 9.39. The molecule has 0 aliphatic carbocycles. The highest BCUT2D eigenvalue weighted by atomic mass is 32.2. The minimum Gasteiger partial charge on any atom is -0.414 e. The van der Waals surface area contributed by atoms with Crippen LogP contribution in [0.15, 0.2) is 17.3 Å². The SMILES string of the molecule is CCCc1cn([C@@H]2O[C@H](CO[Si](C)(C)C(C)(C)C)C3(OS(=O)(=O)C=C3N)[C@H]2O[Si](C)(C)C(C)(C)C)nn1. The fourth-order valence-corrected chi connectivity index (χ4v) is 7.52. The van der Waals surface area contributed by atoms with Crippen molar-refractivity contribution < 1.29 is 26.2 Å². The van der Waals surface area contributed by atoms with Crippen molar-refractivity contribution in [2.45, 2.75) is 122 Å². The van der Waals surface area contributed by atoms with Gasteiger partial charge in [-0.2, -0.15) is 8.42 Å². The van der Waals surface area contributed by atoms with Crippen molar-refractivity contribution in [1.82, 2.24) is 15.0 Å². The third kappa shape index (κ3) is 5.77. The summed E-state index contributed by atoms with van der Waals surface area (Å²) in [4.78, 5) is 0. The van der Waals surface area contributed by atoms with E-state index in [0.717, 1.165) is 23.9 Å². The summed E-state index contributed by atoms with van der Waals surface area (Å²) in [6, 6.07) is 0. The molecule has 37 heavy (non-hydrogen) atoms. The molecule has 2 aliphatic rings. The molecule has 0 bridgehead atoms. The van der Waals surface area contributed by atoms with Gasteiger partial charge in [0.2, 0.25) is 0 Å². The minimum absolute atomic E-state index is 0.0523. The largest absolute Gasteiger partial charge is 0.414 e. The lowest BCUT2D eigenvalue weighted by Gasteiger charge is -2.43. The maximum absolute atomic E-state index is 12.8. The Labute approximate surface area is 224 Å². The Morgan fingerprint density at radius 2 is 1.70 bits per heavy atom. The zero-order valence-electron chi connectivity index (χ0n) is 24.3. The van der Waals surface area contributed by atoms with Gasteiger partial charge in [-0.05, 0) is 42.7 Å². The number of aryl methyl sites for hydroxylation is 1. The number of ether oxygens (including phenoxy) is 1. The van der Waals surface area contributed by atoms with Gasteiger partial charge in [0, 0.05) is 0 Å². The van der Waals surface area contributed by atoms with E-state index < -0.39 is 50.8 Å². The molecular weight excluding hydrogens is 529 g/mol. The third-order valence-corrected chi connectivity index (χ3v) is 18.4. The molecule has 13 heteroatoms. The monoisotopic (exact) mass is 574 g/mol. The molecule has 1 aromatic heterocycles. The first-order chi connectivity index (χ1) is 16.7. The van der Waals surface area contributed by atoms with Gasteiger partial charge in [-0.1, -0.05) is 60.1 Å². The summed E-state index contributed by atoms with van der Waals surface area (Å²) in [5.74, 6) is 0. The van der Waals surface area contributed by atoms with Gasteiger partial charge in [0.15, 0.2) is 28.5 Å². The molecule has 4 atom stereocenters. The van der Waals surface area contributed by atoms with Crippen LogP contribution >= 0.6 is 0 Å². The molecule has 0 saturated carbocycles. The zero-order valence-corrected chi connectivity index (χ0v) is 27.1. The summed E-state index contributed by atoms with van der Waals surface area (Å²) < 4.78 is 53.1. The Balaban J connectivity index is 2.13. The summed E-state index contributed by atoms with van der Waals surface area (Å²) in [7, 11) is -8.75. The number of hydrogen-bond acceptors (Lipinski definition) is 9. The van der Waals surface area contributed by atoms with E-state index in [2.05, 4.69) is 85.0 Å². The summed E-state index contributed by atoms with van der Waals surface area (Å²) >= 11 is 0. The highest BCUT2D eigenvalue weighted by Gasteiger charge is 2.67. The normalized spacial score (nSPS) is 28.7. The van der Waals surface area contributed by atoms with Gasteiger partial charge in [0.25, 0.3) is 10.1 Å². The van der Waals surface area contributed by atoms with Crippen LogP contribution in [-0.4, -0.2) is 64.5 Å². The maximum atomic E-state index is 12.8. The van der Waals surface area contributed by atoms with Crippen molar-refractivity contribution in [3.05, 3.63) is 23.0 Å². The topological polar surface area (TPSA) is 128 Å². The quantitative estimate of drug-likeness (QED) is 0.354. The average molecular weight is 575 g/mol. The van der Waals surface area contributed by atoms with Crippen LogP contribution < -0.4 is 5.73 Å². The molecule has 1 spiro atoms. The predicted octanol–water partition coefficient (Wildman–Crippen LogP) is 4.44. The fraction of sp³-hybridized carbons (Fsp3) is 0.833. The summed E-state index contributed by atoms with van der Waals surface area (Å²) in [6.45, 7) is 23.4. The molecule has 1 saturated heterocycles. The van der Waals surface area contributed by atoms with Gasteiger partial charge >= 0.3 is 0 Å². The number of aromatic nitrogens is 3. The van der Waals surface area contributed by atoms with Gasteiger partial charge < -0.3 is 19.3 Å². The first kappa shape index (κ1) is 30.4. The maximum Gasteiger partial charge on any atom is 0.292 e. The second-order valence-electron chi connectivity index (χ2n) is 13.3. The van der Waals surface area contributed by atoms with Crippen LogP contribution in [0.5, 0.6) is 0 Å². The molecule has 0 radical (unpaired) electrons. The predicted molar refractivity (Wildman–Crippen MR) is 148 cm³/mol. The molecular formula is C24H46N4O6SSi2. The van der Waals surface area contributed by atoms with Crippen molar-refractivity contribution in [3.63, 3.8) is 0 Å². The van der Waals surface area contributed by atoms with Crippen molar-refractivity contribution in [1.29, 1.82) is 0 Å². The Morgan fingerprint density at radius 3 is 2.19 bits per heavy atom. The van der Waals surface area contributed by atoms with Crippen LogP contribution in [-0.2, 0) is 34.3 Å². The molecule has 2 N–H and O–H groups in total. The molecule has 3 heterocycles. The van der Waals surface area contributed by atoms with Crippen molar-refractivity contribution in [2.24, 2.45) is 5.73 Å². The Bertz CT molecular complexity index is 1120. The van der Waals surface area contributed by atoms with Crippen LogP contribution in [0.25, 0.3) is 0 Å². The van der Waals surface area contributed by atoms with E-state index in [9.17, 15) is 8.42 Å². The lowest BCUT2D eigenvalue weighted by atomic mass is 9.89. The summed E-state index contributed by atoms with van der Waals surface area (Å²) in [5.41, 5.74) is 5.78. The molecule has 10 nitrogen and oxygen atoms in total. The average Bonchev–Trinajstić information content (AvgIpc) is 3.35. The van der Waals surface area contributed by atoms with Crippen LogP contribution in [0, 0.1) is 0 Å². The van der Waals surface area contributed by atoms with Crippen LogP contribution in [0.4, 0.5) is 0 Å². The molecule has 0 aromatic carbocycles. The van der Waals surface area contributed by atoms with Crippen molar-refractivity contribution >= 4 is 26.8 Å². The first-order valence-electron chi connectivity index (χ1n) is 13.0. The number of nitrogens with two attached hydrogens (primary N) is 1. The van der Waals surface area contributed by atoms with E-state index in [-0.39, 0.29) is 22.4 Å². The smallest absolute Gasteiger partial charge is 0.292 e. The van der Waals surface area contributed by atoms with E-state index in [1.54, 1.807) is 4.68 Å². The minimum atomic E-state index is -4.06. The van der Waals surface area contributed by atoms with Crippen LogP contribution in [0.2, 0.25) is 36.3 Å². The lowest BCUT2D eigenvalue weighted by Crippen LogP contribution is -2.59. The zero-order chi connectivity index (χ0) is 28.2. The molecule has 3 rings (SSSR count). The molecule has 2 aliphatic heterocycles. The molecule has 212 valence electrons. The van der Waals surface area contributed by atoms with Gasteiger partial charge in [0.1, 0.15) is 12.2 Å². The number of nitrogens with zero attached hydrogens (tertiary/aromatic N) is 3. The highest BCUT2D eigenvalue weighted by molar-refractivity contribution is 7.90.